The van der Waals surface area contributed by atoms with Gasteiger partial charge in [0.15, 0.2) is 0 Å². The smallest absolute Gasteiger partial charge is 0.241 e. The first-order valence-corrected chi connectivity index (χ1v) is 5.28. The van der Waals surface area contributed by atoms with E-state index in [0.29, 0.717) is 10.8 Å². The van der Waals surface area contributed by atoms with Crippen LogP contribution in [0.4, 0.5) is 0 Å². The highest BCUT2D eigenvalue weighted by Gasteiger charge is 2.15. The number of methoxy groups -OCH3 is 1. The zero-order valence-electron chi connectivity index (χ0n) is 9.50. The van der Waals surface area contributed by atoms with Gasteiger partial charge >= 0.3 is 0 Å². The number of carbonyl (C=O) groups is 1. The van der Waals surface area contributed by atoms with E-state index < -0.39 is 0 Å². The molecule has 1 aromatic carbocycles. The van der Waals surface area contributed by atoms with Crippen LogP contribution in [0.1, 0.15) is 18.4 Å². The fourth-order valence-electron chi connectivity index (χ4n) is 1.33. The summed E-state index contributed by atoms with van der Waals surface area (Å²) in [5, 5.41) is 0.504. The van der Waals surface area contributed by atoms with Gasteiger partial charge in [0, 0.05) is 7.05 Å². The van der Waals surface area contributed by atoms with Crippen molar-refractivity contribution in [2.75, 3.05) is 14.2 Å². The molecule has 88 valence electrons. The lowest BCUT2D eigenvalue weighted by Gasteiger charge is -2.13. The Hall–Kier alpha value is -1.26. The third kappa shape index (κ3) is 2.87. The predicted molar refractivity (Wildman–Crippen MR) is 63.6 cm³/mol. The minimum absolute atomic E-state index is 0.108. The van der Waals surface area contributed by atoms with Crippen LogP contribution in [0.15, 0.2) is 18.2 Å². The molecule has 1 rings (SSSR count). The van der Waals surface area contributed by atoms with E-state index in [1.165, 1.54) is 0 Å². The molecule has 0 radical (unpaired) electrons. The van der Waals surface area contributed by atoms with Crippen molar-refractivity contribution >= 4 is 17.5 Å². The Morgan fingerprint density at radius 2 is 2.19 bits per heavy atom. The SMILES string of the molecule is CNNC(=O)C(C)c1ccc(OC)c(Cl)c1. The summed E-state index contributed by atoms with van der Waals surface area (Å²) in [4.78, 5) is 11.6. The summed E-state index contributed by atoms with van der Waals surface area (Å²) >= 11 is 5.98. The average Bonchev–Trinajstić information content (AvgIpc) is 2.28. The molecule has 2 N–H and O–H groups in total. The molecule has 0 bridgehead atoms. The summed E-state index contributed by atoms with van der Waals surface area (Å²) in [5.74, 6) is 0.228. The molecule has 1 amide bonds. The van der Waals surface area contributed by atoms with Gasteiger partial charge in [0.2, 0.25) is 5.91 Å². The number of carbonyl (C=O) groups excluding carboxylic acids is 1. The molecule has 0 aliphatic rings. The van der Waals surface area contributed by atoms with E-state index in [1.807, 2.05) is 13.0 Å². The summed E-state index contributed by atoms with van der Waals surface area (Å²) < 4.78 is 5.04. The molecule has 16 heavy (non-hydrogen) atoms. The molecule has 0 saturated carbocycles. The Morgan fingerprint density at radius 1 is 1.50 bits per heavy atom. The largest absolute Gasteiger partial charge is 0.495 e. The van der Waals surface area contributed by atoms with Crippen LogP contribution in [0.3, 0.4) is 0 Å². The fourth-order valence-corrected chi connectivity index (χ4v) is 1.60. The fraction of sp³-hybridized carbons (Fsp3) is 0.364. The van der Waals surface area contributed by atoms with Crippen molar-refractivity contribution in [2.24, 2.45) is 0 Å². The van der Waals surface area contributed by atoms with Crippen LogP contribution in [0, 0.1) is 0 Å². The normalized spacial score (nSPS) is 12.0. The molecule has 0 aromatic heterocycles. The van der Waals surface area contributed by atoms with Crippen molar-refractivity contribution in [1.29, 1.82) is 0 Å². The molecule has 1 aromatic rings. The molecule has 4 nitrogen and oxygen atoms in total. The highest BCUT2D eigenvalue weighted by atomic mass is 35.5. The molecule has 0 heterocycles. The number of rotatable bonds is 4. The third-order valence-corrected chi connectivity index (χ3v) is 2.61. The maximum Gasteiger partial charge on any atom is 0.241 e. The lowest BCUT2D eigenvalue weighted by molar-refractivity contribution is -0.123. The van der Waals surface area contributed by atoms with Crippen LogP contribution < -0.4 is 15.6 Å². The molecular formula is C11H15ClN2O2. The highest BCUT2D eigenvalue weighted by Crippen LogP contribution is 2.28. The number of hydrogen-bond donors (Lipinski definition) is 2. The van der Waals surface area contributed by atoms with E-state index in [-0.39, 0.29) is 11.8 Å². The molecule has 0 aliphatic heterocycles. The van der Waals surface area contributed by atoms with Crippen LogP contribution in [-0.2, 0) is 4.79 Å². The van der Waals surface area contributed by atoms with E-state index >= 15 is 0 Å². The average molecular weight is 243 g/mol. The number of benzene rings is 1. The number of amides is 1. The second-order valence-corrected chi connectivity index (χ2v) is 3.76. The van der Waals surface area contributed by atoms with Crippen molar-refractivity contribution in [1.82, 2.24) is 10.9 Å². The summed E-state index contributed by atoms with van der Waals surface area (Å²) in [6.45, 7) is 1.81. The molecule has 0 spiro atoms. The van der Waals surface area contributed by atoms with Gasteiger partial charge in [-0.2, -0.15) is 0 Å². The van der Waals surface area contributed by atoms with Gasteiger partial charge in [-0.3, -0.25) is 10.2 Å². The van der Waals surface area contributed by atoms with Crippen molar-refractivity contribution in [3.63, 3.8) is 0 Å². The number of hydrogen-bond acceptors (Lipinski definition) is 3. The van der Waals surface area contributed by atoms with Crippen molar-refractivity contribution in [2.45, 2.75) is 12.8 Å². The molecule has 0 saturated heterocycles. The van der Waals surface area contributed by atoms with Gasteiger partial charge in [0.05, 0.1) is 18.1 Å². The highest BCUT2D eigenvalue weighted by molar-refractivity contribution is 6.32. The summed E-state index contributed by atoms with van der Waals surface area (Å²) in [5.41, 5.74) is 5.97. The molecule has 1 atom stereocenters. The topological polar surface area (TPSA) is 50.4 Å². The van der Waals surface area contributed by atoms with E-state index in [2.05, 4.69) is 10.9 Å². The monoisotopic (exact) mass is 242 g/mol. The Bertz CT molecular complexity index is 382. The summed E-state index contributed by atoms with van der Waals surface area (Å²) in [6, 6.07) is 5.31. The second-order valence-electron chi connectivity index (χ2n) is 3.35. The minimum atomic E-state index is -0.268. The van der Waals surface area contributed by atoms with Crippen molar-refractivity contribution in [3.05, 3.63) is 28.8 Å². The second kappa shape index (κ2) is 5.72. The lowest BCUT2D eigenvalue weighted by Crippen LogP contribution is -2.37. The first-order valence-electron chi connectivity index (χ1n) is 4.90. The molecule has 0 aliphatic carbocycles. The Kier molecular flexibility index (Phi) is 4.58. The van der Waals surface area contributed by atoms with Crippen LogP contribution in [-0.4, -0.2) is 20.1 Å². The van der Waals surface area contributed by atoms with Gasteiger partial charge in [0.1, 0.15) is 5.75 Å². The lowest BCUT2D eigenvalue weighted by atomic mass is 10.0. The Balaban J connectivity index is 2.88. The Morgan fingerprint density at radius 3 is 2.69 bits per heavy atom. The Labute approximate surface area is 99.9 Å². The quantitative estimate of drug-likeness (QED) is 0.791. The standard InChI is InChI=1S/C11H15ClN2O2/c1-7(11(15)14-13-2)8-4-5-10(16-3)9(12)6-8/h4-7,13H,1-3H3,(H,14,15). The molecule has 5 heteroatoms. The number of nitrogens with one attached hydrogen (secondary N) is 2. The maximum absolute atomic E-state index is 11.6. The van der Waals surface area contributed by atoms with Gasteiger partial charge in [-0.25, -0.2) is 5.43 Å². The number of ether oxygens (including phenoxy) is 1. The van der Waals surface area contributed by atoms with Crippen LogP contribution in [0.5, 0.6) is 5.75 Å². The summed E-state index contributed by atoms with van der Waals surface area (Å²) in [7, 11) is 3.20. The minimum Gasteiger partial charge on any atom is -0.495 e. The maximum atomic E-state index is 11.6. The number of halogens is 1. The van der Waals surface area contributed by atoms with Crippen molar-refractivity contribution in [3.8, 4) is 5.75 Å². The van der Waals surface area contributed by atoms with Gasteiger partial charge in [-0.05, 0) is 24.6 Å². The zero-order valence-corrected chi connectivity index (χ0v) is 10.3. The van der Waals surface area contributed by atoms with Gasteiger partial charge in [-0.1, -0.05) is 17.7 Å². The van der Waals surface area contributed by atoms with E-state index in [0.717, 1.165) is 5.56 Å². The molecule has 0 fully saturated rings. The van der Waals surface area contributed by atoms with Crippen LogP contribution in [0.25, 0.3) is 0 Å². The zero-order chi connectivity index (χ0) is 12.1. The molecule has 1 unspecified atom stereocenters. The first kappa shape index (κ1) is 12.8. The van der Waals surface area contributed by atoms with E-state index in [4.69, 9.17) is 16.3 Å². The van der Waals surface area contributed by atoms with E-state index in [1.54, 1.807) is 26.3 Å². The summed E-state index contributed by atoms with van der Waals surface area (Å²) in [6.07, 6.45) is 0. The van der Waals surface area contributed by atoms with Crippen LogP contribution in [0.2, 0.25) is 5.02 Å². The van der Waals surface area contributed by atoms with Gasteiger partial charge < -0.3 is 4.74 Å². The molecular weight excluding hydrogens is 228 g/mol. The first-order chi connectivity index (χ1) is 7.60. The van der Waals surface area contributed by atoms with E-state index in [9.17, 15) is 4.79 Å². The van der Waals surface area contributed by atoms with Gasteiger partial charge in [-0.15, -0.1) is 0 Å². The third-order valence-electron chi connectivity index (χ3n) is 2.32. The number of hydrazine groups is 1. The van der Waals surface area contributed by atoms with Crippen molar-refractivity contribution < 1.29 is 9.53 Å². The van der Waals surface area contributed by atoms with Gasteiger partial charge in [0.25, 0.3) is 0 Å². The van der Waals surface area contributed by atoms with Crippen LogP contribution >= 0.6 is 11.6 Å². The predicted octanol–water partition coefficient (Wildman–Crippen LogP) is 1.70.